The number of H-pyrrole nitrogens is 1. The Hall–Kier alpha value is -4.11. The van der Waals surface area contributed by atoms with Gasteiger partial charge < -0.3 is 42.0 Å². The minimum Gasteiger partial charge on any atom is -0.508 e. The van der Waals surface area contributed by atoms with Crippen LogP contribution in [-0.2, 0) is 36.8 Å². The van der Waals surface area contributed by atoms with Crippen LogP contribution in [0.4, 0.5) is 0 Å². The molecule has 9 N–H and O–H groups in total. The molecule has 2 rings (SSSR count). The smallest absolute Gasteiger partial charge is 0.326 e. The molecule has 0 radical (unpaired) electrons. The maximum absolute atomic E-state index is 13.2. The summed E-state index contributed by atoms with van der Waals surface area (Å²) in [4.78, 5) is 68.5. The van der Waals surface area contributed by atoms with E-state index in [4.69, 9.17) is 5.73 Å². The first-order valence-corrected chi connectivity index (χ1v) is 13.2. The largest absolute Gasteiger partial charge is 0.508 e. The molecule has 0 fully saturated rings. The molecule has 2 aromatic rings. The third-order valence-corrected chi connectivity index (χ3v) is 6.23. The van der Waals surface area contributed by atoms with Gasteiger partial charge in [0.2, 0.25) is 17.7 Å². The molecule has 212 valence electrons. The summed E-state index contributed by atoms with van der Waals surface area (Å²) in [6.45, 7) is 0. The van der Waals surface area contributed by atoms with Gasteiger partial charge >= 0.3 is 11.9 Å². The summed E-state index contributed by atoms with van der Waals surface area (Å²) in [5.41, 5.74) is 6.89. The molecule has 14 nitrogen and oxygen atoms in total. The fraction of sp³-hybridized carbons (Fsp3) is 0.417. The van der Waals surface area contributed by atoms with E-state index in [-0.39, 0.29) is 18.6 Å². The molecule has 0 spiro atoms. The number of aliphatic carboxylic acids is 2. The molecule has 0 saturated carbocycles. The minimum atomic E-state index is -1.65. The maximum atomic E-state index is 13.2. The number of nitrogens with two attached hydrogens (primary N) is 1. The molecule has 0 aliphatic heterocycles. The van der Waals surface area contributed by atoms with Gasteiger partial charge in [0, 0.05) is 24.7 Å². The van der Waals surface area contributed by atoms with Crippen molar-refractivity contribution < 1.29 is 39.3 Å². The number of carbonyl (C=O) groups is 5. The summed E-state index contributed by atoms with van der Waals surface area (Å²) in [5, 5.41) is 35.5. The Labute approximate surface area is 228 Å². The number of carboxylic acids is 2. The van der Waals surface area contributed by atoms with Crippen molar-refractivity contribution in [1.29, 1.82) is 0 Å². The average molecular weight is 565 g/mol. The van der Waals surface area contributed by atoms with E-state index in [9.17, 15) is 39.3 Å². The first-order valence-electron chi connectivity index (χ1n) is 11.9. The SMILES string of the molecule is CSCCC(N)C(=O)NC(Cc1ccc(O)cc1)C(=O)NC(CC(=O)O)C(=O)NC(Cc1cnc[nH]1)C(=O)O. The zero-order valence-electron chi connectivity index (χ0n) is 21.1. The van der Waals surface area contributed by atoms with Gasteiger partial charge in [-0.1, -0.05) is 12.1 Å². The number of phenols is 1. The molecular weight excluding hydrogens is 532 g/mol. The van der Waals surface area contributed by atoms with Gasteiger partial charge in [0.05, 0.1) is 18.8 Å². The Morgan fingerprint density at radius 2 is 1.56 bits per heavy atom. The molecule has 1 aromatic heterocycles. The molecule has 0 aliphatic carbocycles. The second kappa shape index (κ2) is 15.3. The van der Waals surface area contributed by atoms with E-state index in [1.54, 1.807) is 0 Å². The zero-order chi connectivity index (χ0) is 28.9. The van der Waals surface area contributed by atoms with Crippen molar-refractivity contribution in [3.05, 3.63) is 48.0 Å². The number of aromatic amines is 1. The van der Waals surface area contributed by atoms with Gasteiger partial charge in [-0.15, -0.1) is 0 Å². The Balaban J connectivity index is 2.21. The van der Waals surface area contributed by atoms with Crippen molar-refractivity contribution in [3.8, 4) is 5.75 Å². The van der Waals surface area contributed by atoms with Crippen molar-refractivity contribution in [1.82, 2.24) is 25.9 Å². The lowest BCUT2D eigenvalue weighted by atomic mass is 10.0. The topological polar surface area (TPSA) is 237 Å². The van der Waals surface area contributed by atoms with E-state index in [1.165, 1.54) is 48.6 Å². The number of nitrogens with zero attached hydrogens (tertiary/aromatic N) is 1. The lowest BCUT2D eigenvalue weighted by Crippen LogP contribution is -2.58. The summed E-state index contributed by atoms with van der Waals surface area (Å²) in [6.07, 6.45) is 3.83. The third kappa shape index (κ3) is 10.6. The van der Waals surface area contributed by atoms with Crippen molar-refractivity contribution >= 4 is 41.4 Å². The van der Waals surface area contributed by atoms with Crippen LogP contribution < -0.4 is 21.7 Å². The molecule has 0 aliphatic rings. The average Bonchev–Trinajstić information content (AvgIpc) is 3.40. The van der Waals surface area contributed by atoms with Gasteiger partial charge in [0.25, 0.3) is 0 Å². The highest BCUT2D eigenvalue weighted by molar-refractivity contribution is 7.98. The van der Waals surface area contributed by atoms with Crippen LogP contribution in [0.2, 0.25) is 0 Å². The lowest BCUT2D eigenvalue weighted by molar-refractivity contribution is -0.143. The number of thioether (sulfide) groups is 1. The second-order valence-corrected chi connectivity index (χ2v) is 9.64. The number of hydrogen-bond acceptors (Lipinski definition) is 9. The number of rotatable bonds is 16. The van der Waals surface area contributed by atoms with Crippen LogP contribution in [-0.4, -0.2) is 91.1 Å². The maximum Gasteiger partial charge on any atom is 0.326 e. The van der Waals surface area contributed by atoms with Crippen LogP contribution in [0.15, 0.2) is 36.8 Å². The van der Waals surface area contributed by atoms with Gasteiger partial charge in [0.1, 0.15) is 23.9 Å². The van der Waals surface area contributed by atoms with Crippen molar-refractivity contribution in [2.24, 2.45) is 5.73 Å². The molecule has 0 bridgehead atoms. The van der Waals surface area contributed by atoms with Gasteiger partial charge in [0.15, 0.2) is 0 Å². The molecule has 15 heteroatoms. The van der Waals surface area contributed by atoms with Crippen molar-refractivity contribution in [3.63, 3.8) is 0 Å². The van der Waals surface area contributed by atoms with Gasteiger partial charge in [-0.3, -0.25) is 19.2 Å². The highest BCUT2D eigenvalue weighted by Gasteiger charge is 2.32. The summed E-state index contributed by atoms with van der Waals surface area (Å²) >= 11 is 1.49. The molecule has 3 amide bonds. The van der Waals surface area contributed by atoms with Crippen LogP contribution >= 0.6 is 11.8 Å². The number of phenolic OH excluding ortho intramolecular Hbond substituents is 1. The molecule has 1 aromatic carbocycles. The summed E-state index contributed by atoms with van der Waals surface area (Å²) in [7, 11) is 0. The Morgan fingerprint density at radius 1 is 0.949 bits per heavy atom. The van der Waals surface area contributed by atoms with Gasteiger partial charge in [-0.25, -0.2) is 9.78 Å². The number of hydrogen-bond donors (Lipinski definition) is 8. The predicted molar refractivity (Wildman–Crippen MR) is 141 cm³/mol. The van der Waals surface area contributed by atoms with Gasteiger partial charge in [-0.05, 0) is 36.1 Å². The summed E-state index contributed by atoms with van der Waals surface area (Å²) < 4.78 is 0. The third-order valence-electron chi connectivity index (χ3n) is 5.58. The van der Waals surface area contributed by atoms with Crippen molar-refractivity contribution in [2.75, 3.05) is 12.0 Å². The number of nitrogens with one attached hydrogen (secondary N) is 4. The Kier molecular flexibility index (Phi) is 12.2. The molecule has 1 heterocycles. The van der Waals surface area contributed by atoms with Crippen LogP contribution in [0.5, 0.6) is 5.75 Å². The second-order valence-electron chi connectivity index (χ2n) is 8.66. The van der Waals surface area contributed by atoms with E-state index in [0.717, 1.165) is 0 Å². The van der Waals surface area contributed by atoms with Crippen LogP contribution in [0, 0.1) is 0 Å². The number of carbonyl (C=O) groups excluding carboxylic acids is 3. The van der Waals surface area contributed by atoms with E-state index in [2.05, 4.69) is 25.9 Å². The van der Waals surface area contributed by atoms with E-state index in [0.29, 0.717) is 23.4 Å². The van der Waals surface area contributed by atoms with Crippen LogP contribution in [0.25, 0.3) is 0 Å². The Morgan fingerprint density at radius 3 is 2.13 bits per heavy atom. The number of aromatic hydroxyl groups is 1. The normalized spacial score (nSPS) is 13.9. The highest BCUT2D eigenvalue weighted by Crippen LogP contribution is 2.12. The quantitative estimate of drug-likeness (QED) is 0.123. The number of benzene rings is 1. The first kappa shape index (κ1) is 31.1. The standard InChI is InChI=1S/C24H32N6O8S/c1-39-7-6-16(25)21(34)28-17(8-13-2-4-15(31)5-3-13)22(35)29-18(10-20(32)33)23(36)30-19(24(37)38)9-14-11-26-12-27-14/h2-5,11-12,16-19,31H,6-10,25H2,1H3,(H,26,27)(H,28,34)(H,29,35)(H,30,36)(H,32,33)(H,37,38). The summed E-state index contributed by atoms with van der Waals surface area (Å²) in [5.74, 6) is -4.74. The fourth-order valence-corrected chi connectivity index (χ4v) is 3.97. The highest BCUT2D eigenvalue weighted by atomic mass is 32.2. The molecule has 4 atom stereocenters. The molecule has 4 unspecified atom stereocenters. The number of carboxylic acid groups (broad SMARTS) is 2. The zero-order valence-corrected chi connectivity index (χ0v) is 21.9. The van der Waals surface area contributed by atoms with E-state index >= 15 is 0 Å². The van der Waals surface area contributed by atoms with Crippen LogP contribution in [0.3, 0.4) is 0 Å². The number of imidazole rings is 1. The van der Waals surface area contributed by atoms with Crippen molar-refractivity contribution in [2.45, 2.75) is 49.9 Å². The fourth-order valence-electron chi connectivity index (χ4n) is 3.48. The van der Waals surface area contributed by atoms with E-state index < -0.39 is 60.2 Å². The first-order chi connectivity index (χ1) is 18.5. The van der Waals surface area contributed by atoms with Crippen LogP contribution in [0.1, 0.15) is 24.1 Å². The molecular formula is C24H32N6O8S. The number of amides is 3. The van der Waals surface area contributed by atoms with E-state index in [1.807, 2.05) is 6.26 Å². The Bertz CT molecular complexity index is 1130. The molecule has 0 saturated heterocycles. The number of aromatic nitrogens is 2. The monoisotopic (exact) mass is 564 g/mol. The predicted octanol–water partition coefficient (Wildman–Crippen LogP) is -1.01. The summed E-state index contributed by atoms with van der Waals surface area (Å²) in [6, 6.07) is 0.589. The lowest BCUT2D eigenvalue weighted by Gasteiger charge is -2.24. The minimum absolute atomic E-state index is 0.0100. The van der Waals surface area contributed by atoms with Gasteiger partial charge in [-0.2, -0.15) is 11.8 Å². The molecule has 39 heavy (non-hydrogen) atoms.